The number of benzene rings is 4. The number of amides is 7. The zero-order valence-corrected chi connectivity index (χ0v) is 49.1. The number of nitrogens with two attached hydrogens (primary N) is 2. The van der Waals surface area contributed by atoms with Gasteiger partial charge in [0.2, 0.25) is 41.4 Å². The van der Waals surface area contributed by atoms with E-state index in [0.717, 1.165) is 53.7 Å². The fourth-order valence-electron chi connectivity index (χ4n) is 10.1. The van der Waals surface area contributed by atoms with E-state index in [-0.39, 0.29) is 66.0 Å². The Morgan fingerprint density at radius 3 is 1.56 bits per heavy atom. The van der Waals surface area contributed by atoms with Crippen LogP contribution in [0.5, 0.6) is 11.5 Å². The highest BCUT2D eigenvalue weighted by atomic mass is 16.5. The number of nitrogen functional groups attached to an aromatic ring is 1. The van der Waals surface area contributed by atoms with Crippen molar-refractivity contribution in [1.82, 2.24) is 41.7 Å². The van der Waals surface area contributed by atoms with Gasteiger partial charge in [0, 0.05) is 69.8 Å². The summed E-state index contributed by atoms with van der Waals surface area (Å²) in [5.41, 5.74) is 16.0. The Morgan fingerprint density at radius 1 is 0.595 bits per heavy atom. The fraction of sp³-hybridized carbons (Fsp3) is 0.476. The number of carbonyl (C=O) groups is 8. The molecule has 11 N–H and O–H groups in total. The van der Waals surface area contributed by atoms with Crippen LogP contribution in [0.15, 0.2) is 91.0 Å². The number of rotatable bonds is 9. The predicted molar refractivity (Wildman–Crippen MR) is 318 cm³/mol. The van der Waals surface area contributed by atoms with Crippen LogP contribution in [0.25, 0.3) is 0 Å². The molecule has 4 aromatic rings. The van der Waals surface area contributed by atoms with Gasteiger partial charge in [-0.2, -0.15) is 0 Å². The van der Waals surface area contributed by atoms with Gasteiger partial charge < -0.3 is 62.6 Å². The van der Waals surface area contributed by atoms with Crippen LogP contribution in [-0.4, -0.2) is 152 Å². The summed E-state index contributed by atoms with van der Waals surface area (Å²) in [5, 5.41) is 26.2. The van der Waals surface area contributed by atoms with E-state index in [1.807, 2.05) is 37.3 Å². The van der Waals surface area contributed by atoms with Crippen molar-refractivity contribution in [2.75, 3.05) is 46.9 Å². The number of likely N-dealkylation sites (N-methyl/N-ethyl adjacent to an activating group) is 2. The second-order valence-electron chi connectivity index (χ2n) is 22.5. The molecule has 4 aromatic carbocycles. The normalized spacial score (nSPS) is 23.9. The summed E-state index contributed by atoms with van der Waals surface area (Å²) in [6.07, 6.45) is 6.62. The summed E-state index contributed by atoms with van der Waals surface area (Å²) in [7, 11) is 3.23. The zero-order valence-electron chi connectivity index (χ0n) is 49.1. The lowest BCUT2D eigenvalue weighted by molar-refractivity contribution is -0.141. The van der Waals surface area contributed by atoms with E-state index in [1.54, 1.807) is 88.6 Å². The van der Waals surface area contributed by atoms with Crippen molar-refractivity contribution in [1.29, 1.82) is 5.41 Å². The van der Waals surface area contributed by atoms with E-state index < -0.39 is 54.0 Å². The first kappa shape index (κ1) is 63.4. The maximum absolute atomic E-state index is 13.5. The molecule has 2 aliphatic heterocycles. The van der Waals surface area contributed by atoms with E-state index in [4.69, 9.17) is 26.4 Å². The average molecular weight is 1150 g/mol. The number of nitrogens with zero attached hydrogens (tertiary/aromatic N) is 2. The summed E-state index contributed by atoms with van der Waals surface area (Å²) in [5.74, 6) is -0.713. The Balaban J connectivity index is 0.000000241. The molecular weight excluding hydrogens is 1070 g/mol. The molecule has 8 rings (SSSR count). The maximum Gasteiger partial charge on any atom is 0.248 e. The molecule has 0 saturated heterocycles. The molecule has 2 fully saturated rings. The van der Waals surface area contributed by atoms with Gasteiger partial charge in [-0.15, -0.1) is 0 Å². The lowest BCUT2D eigenvalue weighted by Gasteiger charge is -2.31. The number of carbonyl (C=O) groups excluding carboxylic acids is 8. The molecule has 84 heavy (non-hydrogen) atoms. The molecule has 7 amide bonds. The Hall–Kier alpha value is -8.17. The summed E-state index contributed by atoms with van der Waals surface area (Å²) in [4.78, 5) is 106. The van der Waals surface area contributed by atoms with Gasteiger partial charge in [-0.1, -0.05) is 66.7 Å². The molecule has 0 bridgehead atoms. The van der Waals surface area contributed by atoms with E-state index in [2.05, 4.69) is 31.9 Å². The lowest BCUT2D eigenvalue weighted by Crippen LogP contribution is -2.57. The third kappa shape index (κ3) is 17.9. The van der Waals surface area contributed by atoms with Crippen LogP contribution >= 0.6 is 0 Å². The molecule has 2 saturated carbocycles. The van der Waals surface area contributed by atoms with Crippen molar-refractivity contribution in [3.63, 3.8) is 0 Å². The molecule has 2 heterocycles. The number of amidine groups is 1. The standard InChI is InChI=1S/C32H42N6O5.C31H41N5O5/c1-19-30(40)37-26(17-21-6-8-22(9-7-21)20(2)39)31(41)36-14-4-5-23-10-13-25(29(33)34)18-27(23)43-16-15-35-28(24-11-12-24)32(42)38(19)3;1-19-18-34-27(23-14-15-23)31(40)36(3)20(2)29(38)35-25(17-21-10-12-24(13-11-21)28(32)37)30(39)33-16-6-8-22-7-4-5-9-26(22)41-19/h6-10,13,18-19,24,26,28,35H,4-5,11-12,14-17H2,1-3H3,(H3,33,34)(H,36,41)(H,37,40);4-5,7,9-13,19-20,23,25,27,34H,6,8,14-18H2,1-3H3,(H2,32,37)(H,33,39)(H,35,38)/t19-,26-,28+;19-,20-,25-,27+/m11/s1. The lowest BCUT2D eigenvalue weighted by atomic mass is 10.0. The number of aryl methyl sites for hydroxylation is 2. The number of nitrogens with one attached hydrogen (secondary N) is 7. The van der Waals surface area contributed by atoms with Gasteiger partial charge >= 0.3 is 0 Å². The van der Waals surface area contributed by atoms with Gasteiger partial charge in [-0.25, -0.2) is 0 Å². The van der Waals surface area contributed by atoms with Gasteiger partial charge in [-0.3, -0.25) is 43.8 Å². The van der Waals surface area contributed by atoms with Crippen LogP contribution < -0.4 is 52.8 Å². The molecule has 450 valence electrons. The first-order chi connectivity index (χ1) is 40.2. The van der Waals surface area contributed by atoms with Crippen molar-refractivity contribution >= 4 is 53.0 Å². The van der Waals surface area contributed by atoms with Gasteiger partial charge in [-0.05, 0) is 137 Å². The number of ketones is 1. The van der Waals surface area contributed by atoms with Gasteiger partial charge in [0.1, 0.15) is 54.2 Å². The highest BCUT2D eigenvalue weighted by Crippen LogP contribution is 2.35. The van der Waals surface area contributed by atoms with Crippen LogP contribution in [0.3, 0.4) is 0 Å². The second kappa shape index (κ2) is 29.9. The smallest absolute Gasteiger partial charge is 0.248 e. The number of ether oxygens (including phenoxy) is 2. The van der Waals surface area contributed by atoms with E-state index >= 15 is 0 Å². The van der Waals surface area contributed by atoms with Crippen molar-refractivity contribution in [3.05, 3.63) is 130 Å². The zero-order chi connectivity index (χ0) is 60.6. The average Bonchev–Trinajstić information content (AvgIpc) is 4.61. The minimum Gasteiger partial charge on any atom is -0.492 e. The number of Topliss-reactive ketones (excluding diaryl/α,β-unsaturated/α-hetero) is 1. The van der Waals surface area contributed by atoms with Crippen LogP contribution in [0.4, 0.5) is 0 Å². The van der Waals surface area contributed by atoms with Crippen LogP contribution in [-0.2, 0) is 54.5 Å². The molecule has 0 radical (unpaired) electrons. The molecule has 0 spiro atoms. The van der Waals surface area contributed by atoms with Crippen molar-refractivity contribution in [2.45, 2.75) is 134 Å². The summed E-state index contributed by atoms with van der Waals surface area (Å²) in [6, 6.07) is 22.6. The predicted octanol–water partition coefficient (Wildman–Crippen LogP) is 3.11. The topological polar surface area (TPSA) is 310 Å². The minimum absolute atomic E-state index is 0.0566. The molecule has 4 aliphatic rings. The quantitative estimate of drug-likeness (QED) is 0.0662. The highest BCUT2D eigenvalue weighted by molar-refractivity contribution is 5.97. The van der Waals surface area contributed by atoms with E-state index in [1.165, 1.54) is 16.7 Å². The minimum atomic E-state index is -0.883. The molecular formula is C63H83N11O10. The van der Waals surface area contributed by atoms with Gasteiger partial charge in [0.05, 0.1) is 12.1 Å². The Labute approximate surface area is 492 Å². The summed E-state index contributed by atoms with van der Waals surface area (Å²) < 4.78 is 12.3. The number of hydrogen-bond acceptors (Lipinski definition) is 13. The Bertz CT molecular complexity index is 3000. The molecule has 21 heteroatoms. The molecule has 7 atom stereocenters. The molecule has 21 nitrogen and oxygen atoms in total. The molecule has 0 aromatic heterocycles. The summed E-state index contributed by atoms with van der Waals surface area (Å²) >= 11 is 0. The first-order valence-corrected chi connectivity index (χ1v) is 29.2. The van der Waals surface area contributed by atoms with Gasteiger partial charge in [0.15, 0.2) is 5.78 Å². The number of fused-ring (bicyclic) bond motifs is 2. The first-order valence-electron chi connectivity index (χ1n) is 29.2. The third-order valence-electron chi connectivity index (χ3n) is 16.0. The fourth-order valence-corrected chi connectivity index (χ4v) is 10.1. The van der Waals surface area contributed by atoms with Crippen LogP contribution in [0.1, 0.15) is 115 Å². The van der Waals surface area contributed by atoms with Crippen LogP contribution in [0, 0.1) is 17.2 Å². The number of para-hydroxylation sites is 1. The monoisotopic (exact) mass is 1150 g/mol. The number of primary amides is 1. The van der Waals surface area contributed by atoms with Crippen LogP contribution in [0.2, 0.25) is 0 Å². The second-order valence-corrected chi connectivity index (χ2v) is 22.5. The van der Waals surface area contributed by atoms with E-state index in [0.29, 0.717) is 80.9 Å². The Kier molecular flexibility index (Phi) is 22.6. The van der Waals surface area contributed by atoms with Crippen molar-refractivity contribution < 1.29 is 47.8 Å². The van der Waals surface area contributed by atoms with Crippen molar-refractivity contribution in [2.24, 2.45) is 23.3 Å². The van der Waals surface area contributed by atoms with Gasteiger partial charge in [0.25, 0.3) is 0 Å². The molecule has 0 unspecified atom stereocenters. The Morgan fingerprint density at radius 2 is 1.07 bits per heavy atom. The van der Waals surface area contributed by atoms with Crippen molar-refractivity contribution in [3.8, 4) is 11.5 Å². The maximum atomic E-state index is 13.5. The molecule has 2 aliphatic carbocycles. The highest BCUT2D eigenvalue weighted by Gasteiger charge is 2.41. The third-order valence-corrected chi connectivity index (χ3v) is 16.0. The summed E-state index contributed by atoms with van der Waals surface area (Å²) in [6.45, 7) is 8.76. The SMILES string of the molecule is CC(=O)c1ccc(C[C@H]2NC(=O)[C@@H](C)N(C)C(=O)[C@H](C3CC3)NCCOc3cc(C(=N)N)ccc3CCCNC2=O)cc1.C[C@@H]1CN[C@@H](C2CC2)C(=O)N(C)[C@H](C)C(=O)N[C@H](Cc2ccc(C(N)=O)cc2)C(=O)NCCCc2ccccc2O1. The van der Waals surface area contributed by atoms with E-state index in [9.17, 15) is 38.4 Å². The number of hydrogen-bond donors (Lipinski definition) is 9. The largest absolute Gasteiger partial charge is 0.492 e.